The molecular weight excluding hydrogens is 374 g/mol. The molecule has 2 N–H and O–H groups in total. The van der Waals surface area contributed by atoms with Crippen LogP contribution in [-0.4, -0.2) is 53.8 Å². The number of nitrogens with zero attached hydrogens (tertiary/aromatic N) is 3. The highest BCUT2D eigenvalue weighted by Crippen LogP contribution is 2.26. The van der Waals surface area contributed by atoms with Crippen molar-refractivity contribution in [3.05, 3.63) is 23.6 Å². The monoisotopic (exact) mass is 401 g/mol. The van der Waals surface area contributed by atoms with Crippen molar-refractivity contribution in [3.8, 4) is 11.4 Å². The molecule has 0 aliphatic carbocycles. The van der Waals surface area contributed by atoms with Gasteiger partial charge >= 0.3 is 0 Å². The van der Waals surface area contributed by atoms with E-state index in [1.165, 1.54) is 11.3 Å². The fourth-order valence-corrected chi connectivity index (χ4v) is 4.53. The summed E-state index contributed by atoms with van der Waals surface area (Å²) < 4.78 is 5.82. The first-order chi connectivity index (χ1) is 13.6. The van der Waals surface area contributed by atoms with Gasteiger partial charge in [-0.15, -0.1) is 11.3 Å². The predicted octanol–water partition coefficient (Wildman–Crippen LogP) is 2.90. The van der Waals surface area contributed by atoms with Crippen molar-refractivity contribution >= 4 is 28.2 Å². The average Bonchev–Trinajstić information content (AvgIpc) is 3.16. The minimum atomic E-state index is -0.118. The lowest BCUT2D eigenvalue weighted by molar-refractivity contribution is -0.118. The van der Waals surface area contributed by atoms with Crippen LogP contribution in [0.4, 0.5) is 10.9 Å². The van der Waals surface area contributed by atoms with Crippen LogP contribution in [0.1, 0.15) is 33.1 Å². The van der Waals surface area contributed by atoms with Crippen LogP contribution < -0.4 is 15.5 Å². The highest BCUT2D eigenvalue weighted by molar-refractivity contribution is 7.14. The molecule has 4 rings (SSSR count). The molecule has 0 aromatic carbocycles. The molecule has 4 heterocycles. The fourth-order valence-electron chi connectivity index (χ4n) is 3.82. The van der Waals surface area contributed by atoms with Gasteiger partial charge in [-0.05, 0) is 45.4 Å². The van der Waals surface area contributed by atoms with E-state index in [1.54, 1.807) is 0 Å². The third-order valence-corrected chi connectivity index (χ3v) is 5.86. The number of piperidine rings is 1. The highest BCUT2D eigenvalue weighted by atomic mass is 32.1. The van der Waals surface area contributed by atoms with E-state index >= 15 is 0 Å². The molecule has 2 aromatic rings. The van der Waals surface area contributed by atoms with E-state index in [2.05, 4.69) is 34.4 Å². The highest BCUT2D eigenvalue weighted by Gasteiger charge is 2.24. The Balaban J connectivity index is 1.45. The summed E-state index contributed by atoms with van der Waals surface area (Å²) in [6.07, 6.45) is 3.47. The van der Waals surface area contributed by atoms with Gasteiger partial charge in [-0.1, -0.05) is 12.5 Å². The molecule has 2 aliphatic rings. The second-order valence-electron chi connectivity index (χ2n) is 7.57. The van der Waals surface area contributed by atoms with Crippen LogP contribution in [0, 0.1) is 0 Å². The lowest BCUT2D eigenvalue weighted by atomic mass is 10.0. The van der Waals surface area contributed by atoms with E-state index < -0.39 is 0 Å². The van der Waals surface area contributed by atoms with Crippen LogP contribution in [-0.2, 0) is 9.53 Å². The smallest absolute Gasteiger partial charge is 0.243 e. The molecule has 2 fully saturated rings. The van der Waals surface area contributed by atoms with Crippen LogP contribution in [0.3, 0.4) is 0 Å². The van der Waals surface area contributed by atoms with Gasteiger partial charge in [0.25, 0.3) is 0 Å². The second kappa shape index (κ2) is 8.55. The zero-order chi connectivity index (χ0) is 19.5. The summed E-state index contributed by atoms with van der Waals surface area (Å²) in [5.41, 5.74) is 1.60. The van der Waals surface area contributed by atoms with Gasteiger partial charge in [-0.25, -0.2) is 9.97 Å². The van der Waals surface area contributed by atoms with E-state index in [-0.39, 0.29) is 24.2 Å². The number of ether oxygens (including phenoxy) is 1. The number of carbonyl (C=O) groups excluding carboxylic acids is 1. The Morgan fingerprint density at radius 3 is 2.79 bits per heavy atom. The molecule has 2 aliphatic heterocycles. The summed E-state index contributed by atoms with van der Waals surface area (Å²) in [4.78, 5) is 24.0. The minimum Gasteiger partial charge on any atom is -0.372 e. The van der Waals surface area contributed by atoms with Crippen LogP contribution >= 0.6 is 11.3 Å². The number of thiazole rings is 1. The molecule has 0 bridgehead atoms. The van der Waals surface area contributed by atoms with Crippen molar-refractivity contribution in [2.75, 3.05) is 29.9 Å². The van der Waals surface area contributed by atoms with Gasteiger partial charge in [0.15, 0.2) is 5.13 Å². The number of morpholine rings is 1. The number of aromatic nitrogens is 2. The van der Waals surface area contributed by atoms with Crippen LogP contribution in [0.2, 0.25) is 0 Å². The van der Waals surface area contributed by atoms with E-state index in [1.807, 2.05) is 23.6 Å². The number of amides is 1. The Labute approximate surface area is 169 Å². The molecule has 7 nitrogen and oxygen atoms in total. The first-order valence-corrected chi connectivity index (χ1v) is 10.8. The summed E-state index contributed by atoms with van der Waals surface area (Å²) in [7, 11) is 0. The maximum absolute atomic E-state index is 12.4. The maximum atomic E-state index is 12.4. The summed E-state index contributed by atoms with van der Waals surface area (Å²) in [5.74, 6) is 0.933. The SMILES string of the molecule is C[C@@H]1CN(c2cccc(-c3csc(NC(=O)C4CCCCN4)n3)n2)C[C@H](C)O1. The predicted molar refractivity (Wildman–Crippen MR) is 112 cm³/mol. The Morgan fingerprint density at radius 2 is 2.04 bits per heavy atom. The van der Waals surface area contributed by atoms with E-state index in [0.717, 1.165) is 56.1 Å². The molecule has 1 unspecified atom stereocenters. The van der Waals surface area contributed by atoms with Gasteiger partial charge in [0, 0.05) is 18.5 Å². The Hall–Kier alpha value is -2.03. The molecule has 2 saturated heterocycles. The number of hydrogen-bond donors (Lipinski definition) is 2. The number of pyridine rings is 1. The Morgan fingerprint density at radius 1 is 1.21 bits per heavy atom. The number of rotatable bonds is 4. The zero-order valence-corrected chi connectivity index (χ0v) is 17.2. The summed E-state index contributed by atoms with van der Waals surface area (Å²) >= 11 is 1.43. The van der Waals surface area contributed by atoms with Gasteiger partial charge in [0.05, 0.1) is 23.9 Å². The molecular formula is C20H27N5O2S. The van der Waals surface area contributed by atoms with Crippen LogP contribution in [0.25, 0.3) is 11.4 Å². The van der Waals surface area contributed by atoms with E-state index in [4.69, 9.17) is 9.72 Å². The van der Waals surface area contributed by atoms with Gasteiger partial charge in [0.1, 0.15) is 11.5 Å². The number of hydrogen-bond acceptors (Lipinski definition) is 7. The first-order valence-electron chi connectivity index (χ1n) is 9.96. The maximum Gasteiger partial charge on any atom is 0.243 e. The normalized spacial score (nSPS) is 25.5. The largest absolute Gasteiger partial charge is 0.372 e. The molecule has 0 saturated carbocycles. The Kier molecular flexibility index (Phi) is 5.89. The van der Waals surface area contributed by atoms with Crippen LogP contribution in [0.5, 0.6) is 0 Å². The Bertz CT molecular complexity index is 810. The molecule has 8 heteroatoms. The molecule has 28 heavy (non-hydrogen) atoms. The molecule has 0 radical (unpaired) electrons. The summed E-state index contributed by atoms with van der Waals surface area (Å²) in [6.45, 7) is 6.73. The fraction of sp³-hybridized carbons (Fsp3) is 0.550. The quantitative estimate of drug-likeness (QED) is 0.820. The standard InChI is InChI=1S/C20H27N5O2S/c1-13-10-25(11-14(2)27-13)18-8-5-7-15(22-18)17-12-28-20(23-17)24-19(26)16-6-3-4-9-21-16/h5,7-8,12-14,16,21H,3-4,6,9-11H2,1-2H3,(H,23,24,26)/t13-,14+,16?. The third kappa shape index (κ3) is 4.51. The topological polar surface area (TPSA) is 79.4 Å². The van der Waals surface area contributed by atoms with Crippen molar-refractivity contribution < 1.29 is 9.53 Å². The van der Waals surface area contributed by atoms with E-state index in [9.17, 15) is 4.79 Å². The number of carbonyl (C=O) groups is 1. The second-order valence-corrected chi connectivity index (χ2v) is 8.43. The number of anilines is 2. The zero-order valence-electron chi connectivity index (χ0n) is 16.4. The van der Waals surface area contributed by atoms with Crippen molar-refractivity contribution in [3.63, 3.8) is 0 Å². The van der Waals surface area contributed by atoms with Gasteiger partial charge in [-0.3, -0.25) is 4.79 Å². The molecule has 2 aromatic heterocycles. The lowest BCUT2D eigenvalue weighted by Crippen LogP contribution is -2.45. The van der Waals surface area contributed by atoms with Crippen molar-refractivity contribution in [1.29, 1.82) is 0 Å². The third-order valence-electron chi connectivity index (χ3n) is 5.10. The molecule has 3 atom stereocenters. The average molecular weight is 402 g/mol. The van der Waals surface area contributed by atoms with Crippen molar-refractivity contribution in [2.45, 2.75) is 51.4 Å². The number of nitrogens with one attached hydrogen (secondary N) is 2. The molecule has 150 valence electrons. The van der Waals surface area contributed by atoms with Crippen molar-refractivity contribution in [1.82, 2.24) is 15.3 Å². The molecule has 0 spiro atoms. The van der Waals surface area contributed by atoms with Gasteiger partial charge in [-0.2, -0.15) is 0 Å². The molecule has 1 amide bonds. The first kappa shape index (κ1) is 19.3. The lowest BCUT2D eigenvalue weighted by Gasteiger charge is -2.36. The van der Waals surface area contributed by atoms with Gasteiger partial charge < -0.3 is 20.3 Å². The van der Waals surface area contributed by atoms with Crippen molar-refractivity contribution in [2.24, 2.45) is 0 Å². The minimum absolute atomic E-state index is 0.00129. The van der Waals surface area contributed by atoms with Crippen LogP contribution in [0.15, 0.2) is 23.6 Å². The van der Waals surface area contributed by atoms with E-state index in [0.29, 0.717) is 5.13 Å². The summed E-state index contributed by atoms with van der Waals surface area (Å²) in [6, 6.07) is 5.87. The summed E-state index contributed by atoms with van der Waals surface area (Å²) in [5, 5.41) is 8.77. The van der Waals surface area contributed by atoms with Gasteiger partial charge in [0.2, 0.25) is 5.91 Å².